The first-order valence-electron chi connectivity index (χ1n) is 14.5. The van der Waals surface area contributed by atoms with Crippen LogP contribution in [-0.2, 0) is 0 Å². The van der Waals surface area contributed by atoms with Crippen LogP contribution >= 0.6 is 11.6 Å². The van der Waals surface area contributed by atoms with Crippen molar-refractivity contribution in [2.75, 3.05) is 50.8 Å². The monoisotopic (exact) mass is 612 g/mol. The maximum Gasteiger partial charge on any atom is 0.319 e. The van der Waals surface area contributed by atoms with Crippen molar-refractivity contribution in [2.24, 2.45) is 0 Å². The minimum Gasteiger partial charge on any atom is -0.508 e. The lowest BCUT2D eigenvalue weighted by atomic mass is 9.95. The molecule has 4 aliphatic rings. The Morgan fingerprint density at radius 2 is 2.02 bits per heavy atom. The highest BCUT2D eigenvalue weighted by Crippen LogP contribution is 2.44. The highest BCUT2D eigenvalue weighted by molar-refractivity contribution is 6.31. The molecule has 43 heavy (non-hydrogen) atoms. The highest BCUT2D eigenvalue weighted by Gasteiger charge is 2.49. The summed E-state index contributed by atoms with van der Waals surface area (Å²) in [6.07, 6.45) is 1.19. The van der Waals surface area contributed by atoms with Gasteiger partial charge in [0.15, 0.2) is 5.82 Å². The van der Waals surface area contributed by atoms with Crippen LogP contribution in [0.3, 0.4) is 0 Å². The molecule has 6 heterocycles. The molecule has 0 radical (unpaired) electrons. The van der Waals surface area contributed by atoms with Gasteiger partial charge in [-0.05, 0) is 43.0 Å². The molecule has 0 saturated carbocycles. The standard InChI is InChI=1S/C30H28ClF3N6O3/c31-20-3-2-15-8-18(41)9-19(21(15)23(20)33)25-24(34)26-22-27(40-7-5-35-11-17(40)13-42-28(22)36-25)38-29(37-26)43-14-30-4-1-6-39(30)12-16(32)10-30/h2-3,8-9,16-17,35,41H,1,4-7,10-14H2/t16-,17+,30+/m1/s1. The van der Waals surface area contributed by atoms with Crippen molar-refractivity contribution in [2.45, 2.75) is 37.0 Å². The van der Waals surface area contributed by atoms with Crippen molar-refractivity contribution in [3.8, 4) is 28.9 Å². The second-order valence-corrected chi connectivity index (χ2v) is 12.2. The molecule has 3 fully saturated rings. The zero-order valence-corrected chi connectivity index (χ0v) is 23.8. The predicted molar refractivity (Wildman–Crippen MR) is 155 cm³/mol. The van der Waals surface area contributed by atoms with Crippen molar-refractivity contribution in [1.82, 2.24) is 25.2 Å². The number of rotatable bonds is 4. The molecule has 4 aromatic rings. The molecule has 2 aromatic heterocycles. The van der Waals surface area contributed by atoms with E-state index in [1.54, 1.807) is 6.07 Å². The van der Waals surface area contributed by atoms with Gasteiger partial charge in [0, 0.05) is 43.5 Å². The van der Waals surface area contributed by atoms with Gasteiger partial charge in [0.1, 0.15) is 53.4 Å². The van der Waals surface area contributed by atoms with Gasteiger partial charge in [-0.2, -0.15) is 9.97 Å². The van der Waals surface area contributed by atoms with Gasteiger partial charge in [0.2, 0.25) is 5.88 Å². The summed E-state index contributed by atoms with van der Waals surface area (Å²) in [7, 11) is 0. The number of phenolic OH excluding ortho intramolecular Hbond substituents is 1. The van der Waals surface area contributed by atoms with E-state index in [1.807, 2.05) is 4.90 Å². The predicted octanol–water partition coefficient (Wildman–Crippen LogP) is 4.61. The lowest BCUT2D eigenvalue weighted by Gasteiger charge is -2.35. The molecule has 0 spiro atoms. The van der Waals surface area contributed by atoms with E-state index in [1.165, 1.54) is 18.2 Å². The second kappa shape index (κ2) is 9.96. The fraction of sp³-hybridized carbons (Fsp3) is 0.433. The average molecular weight is 613 g/mol. The first-order chi connectivity index (χ1) is 20.8. The second-order valence-electron chi connectivity index (χ2n) is 11.8. The summed E-state index contributed by atoms with van der Waals surface area (Å²) < 4.78 is 58.9. The number of halogens is 4. The number of aromatic nitrogens is 3. The van der Waals surface area contributed by atoms with Gasteiger partial charge in [-0.25, -0.2) is 18.2 Å². The average Bonchev–Trinajstić information content (AvgIpc) is 3.47. The van der Waals surface area contributed by atoms with E-state index >= 15 is 8.78 Å². The SMILES string of the molecule is Oc1cc(-c2nc3c4c(nc(OC[C@@]56CCCN5C[C@H](F)C6)nc4c2F)N2CCNC[C@H]2CO3)c2c(F)c(Cl)ccc2c1. The number of aromatic hydroxyl groups is 1. The molecule has 2 aromatic carbocycles. The van der Waals surface area contributed by atoms with Crippen molar-refractivity contribution < 1.29 is 27.8 Å². The van der Waals surface area contributed by atoms with Crippen molar-refractivity contribution in [3.05, 3.63) is 40.9 Å². The topological polar surface area (TPSA) is 95.9 Å². The maximum atomic E-state index is 16.7. The minimum absolute atomic E-state index is 0.000876. The Morgan fingerprint density at radius 3 is 2.91 bits per heavy atom. The van der Waals surface area contributed by atoms with Crippen LogP contribution in [0, 0.1) is 11.6 Å². The molecule has 0 amide bonds. The van der Waals surface area contributed by atoms with E-state index < -0.39 is 23.3 Å². The zero-order chi connectivity index (χ0) is 29.5. The Morgan fingerprint density at radius 1 is 1.14 bits per heavy atom. The summed E-state index contributed by atoms with van der Waals surface area (Å²) in [6.45, 7) is 3.48. The normalized spacial score (nSPS) is 25.1. The van der Waals surface area contributed by atoms with E-state index in [-0.39, 0.29) is 69.5 Å². The largest absolute Gasteiger partial charge is 0.508 e. The van der Waals surface area contributed by atoms with Crippen molar-refractivity contribution in [1.29, 1.82) is 0 Å². The Bertz CT molecular complexity index is 1800. The Hall–Kier alpha value is -3.61. The number of nitrogens with zero attached hydrogens (tertiary/aromatic N) is 5. The molecule has 224 valence electrons. The van der Waals surface area contributed by atoms with E-state index in [0.29, 0.717) is 43.8 Å². The fourth-order valence-electron chi connectivity index (χ4n) is 7.24. The molecule has 3 atom stereocenters. The summed E-state index contributed by atoms with van der Waals surface area (Å²) in [5.41, 5.74) is -0.805. The first kappa shape index (κ1) is 27.0. The molecule has 3 saturated heterocycles. The third kappa shape index (κ3) is 4.25. The van der Waals surface area contributed by atoms with E-state index in [0.717, 1.165) is 19.4 Å². The molecular formula is C30H28ClF3N6O3. The Balaban J connectivity index is 1.32. The molecule has 0 bridgehead atoms. The van der Waals surface area contributed by atoms with Crippen LogP contribution in [0.4, 0.5) is 19.0 Å². The van der Waals surface area contributed by atoms with Crippen molar-refractivity contribution in [3.63, 3.8) is 0 Å². The summed E-state index contributed by atoms with van der Waals surface area (Å²) in [4.78, 5) is 18.0. The van der Waals surface area contributed by atoms with Gasteiger partial charge in [-0.15, -0.1) is 0 Å². The number of benzene rings is 2. The zero-order valence-electron chi connectivity index (χ0n) is 23.0. The highest BCUT2D eigenvalue weighted by atomic mass is 35.5. The quantitative estimate of drug-likeness (QED) is 0.343. The van der Waals surface area contributed by atoms with Crippen LogP contribution in [0.1, 0.15) is 19.3 Å². The number of alkyl halides is 1. The summed E-state index contributed by atoms with van der Waals surface area (Å²) in [6, 6.07) is 5.37. The van der Waals surface area contributed by atoms with Gasteiger partial charge in [-0.3, -0.25) is 4.90 Å². The molecule has 8 rings (SSSR count). The fourth-order valence-corrected chi connectivity index (χ4v) is 7.39. The van der Waals surface area contributed by atoms with Crippen LogP contribution in [-0.4, -0.2) is 88.6 Å². The molecule has 4 aliphatic heterocycles. The maximum absolute atomic E-state index is 16.7. The van der Waals surface area contributed by atoms with Gasteiger partial charge in [0.05, 0.1) is 16.6 Å². The number of phenols is 1. The van der Waals surface area contributed by atoms with Crippen LogP contribution in [0.5, 0.6) is 17.6 Å². The smallest absolute Gasteiger partial charge is 0.319 e. The summed E-state index contributed by atoms with van der Waals surface area (Å²) in [5.74, 6) is -1.28. The van der Waals surface area contributed by atoms with Crippen molar-refractivity contribution >= 4 is 39.1 Å². The van der Waals surface area contributed by atoms with Crippen LogP contribution in [0.25, 0.3) is 32.9 Å². The number of piperazine rings is 1. The van der Waals surface area contributed by atoms with E-state index in [9.17, 15) is 9.50 Å². The first-order valence-corrected chi connectivity index (χ1v) is 14.8. The number of ether oxygens (including phenoxy) is 2. The third-order valence-corrected chi connectivity index (χ3v) is 9.52. The number of hydrogen-bond donors (Lipinski definition) is 2. The third-order valence-electron chi connectivity index (χ3n) is 9.23. The lowest BCUT2D eigenvalue weighted by molar-refractivity contribution is 0.107. The number of fused-ring (bicyclic) bond motifs is 4. The van der Waals surface area contributed by atoms with Gasteiger partial charge in [-0.1, -0.05) is 17.7 Å². The number of hydrogen-bond acceptors (Lipinski definition) is 9. The minimum atomic E-state index is -0.926. The molecular weight excluding hydrogens is 585 g/mol. The number of pyridine rings is 1. The Labute approximate surface area is 249 Å². The molecule has 0 aliphatic carbocycles. The van der Waals surface area contributed by atoms with Crippen LogP contribution < -0.4 is 19.7 Å². The van der Waals surface area contributed by atoms with E-state index in [2.05, 4.69) is 20.2 Å². The van der Waals surface area contributed by atoms with Gasteiger partial charge < -0.3 is 24.8 Å². The number of anilines is 1. The van der Waals surface area contributed by atoms with Gasteiger partial charge >= 0.3 is 6.01 Å². The van der Waals surface area contributed by atoms with Crippen LogP contribution in [0.2, 0.25) is 5.02 Å². The van der Waals surface area contributed by atoms with Crippen LogP contribution in [0.15, 0.2) is 24.3 Å². The molecule has 0 unspecified atom stereocenters. The van der Waals surface area contributed by atoms with Gasteiger partial charge in [0.25, 0.3) is 0 Å². The van der Waals surface area contributed by atoms with E-state index in [4.69, 9.17) is 26.1 Å². The molecule has 13 heteroatoms. The molecule has 9 nitrogen and oxygen atoms in total. The lowest BCUT2D eigenvalue weighted by Crippen LogP contribution is -2.53. The summed E-state index contributed by atoms with van der Waals surface area (Å²) in [5, 5.41) is 14.3. The Kier molecular flexibility index (Phi) is 6.25. The summed E-state index contributed by atoms with van der Waals surface area (Å²) >= 11 is 6.11. The molecule has 2 N–H and O–H groups in total. The number of nitrogens with one attached hydrogen (secondary N) is 1.